The Morgan fingerprint density at radius 2 is 2.11 bits per heavy atom. The minimum atomic E-state index is 0.119. The first-order chi connectivity index (χ1) is 9.18. The first-order valence-corrected chi connectivity index (χ1v) is 7.42. The summed E-state index contributed by atoms with van der Waals surface area (Å²) in [7, 11) is 0. The minimum absolute atomic E-state index is 0.119. The van der Waals surface area contributed by atoms with E-state index in [1.54, 1.807) is 0 Å². The SMILES string of the molecule is CC(NCCOc1c(Br)cccc1Br)c1ncn[nH]1. The van der Waals surface area contributed by atoms with E-state index >= 15 is 0 Å². The van der Waals surface area contributed by atoms with Gasteiger partial charge in [-0.3, -0.25) is 5.10 Å². The highest BCUT2D eigenvalue weighted by molar-refractivity contribution is 9.11. The van der Waals surface area contributed by atoms with E-state index in [1.807, 2.05) is 25.1 Å². The first kappa shape index (κ1) is 14.5. The Kier molecular flexibility index (Phi) is 5.35. The first-order valence-electron chi connectivity index (χ1n) is 5.84. The van der Waals surface area contributed by atoms with E-state index in [2.05, 4.69) is 52.4 Å². The van der Waals surface area contributed by atoms with Crippen LogP contribution in [0.3, 0.4) is 0 Å². The van der Waals surface area contributed by atoms with Crippen LogP contribution in [0.1, 0.15) is 18.8 Å². The third kappa shape index (κ3) is 4.02. The quantitative estimate of drug-likeness (QED) is 0.745. The van der Waals surface area contributed by atoms with Gasteiger partial charge in [-0.2, -0.15) is 5.10 Å². The van der Waals surface area contributed by atoms with E-state index in [9.17, 15) is 0 Å². The molecule has 102 valence electrons. The number of hydrogen-bond donors (Lipinski definition) is 2. The summed E-state index contributed by atoms with van der Waals surface area (Å²) in [5.74, 6) is 1.64. The second-order valence-corrected chi connectivity index (χ2v) is 5.65. The van der Waals surface area contributed by atoms with Gasteiger partial charge in [0.1, 0.15) is 24.5 Å². The zero-order chi connectivity index (χ0) is 13.7. The third-order valence-electron chi connectivity index (χ3n) is 2.56. The molecular formula is C12H14Br2N4O. The fourth-order valence-corrected chi connectivity index (χ4v) is 2.80. The number of rotatable bonds is 6. The number of para-hydroxylation sites is 1. The molecule has 0 spiro atoms. The average molecular weight is 390 g/mol. The van der Waals surface area contributed by atoms with Crippen LogP contribution < -0.4 is 10.1 Å². The van der Waals surface area contributed by atoms with Crippen molar-refractivity contribution in [3.8, 4) is 5.75 Å². The van der Waals surface area contributed by atoms with Crippen molar-refractivity contribution in [1.82, 2.24) is 20.5 Å². The highest BCUT2D eigenvalue weighted by Gasteiger charge is 2.08. The number of aromatic amines is 1. The number of H-pyrrole nitrogens is 1. The standard InChI is InChI=1S/C12H14Br2N4O/c1-8(12-16-7-17-18-12)15-5-6-19-11-9(13)3-2-4-10(11)14/h2-4,7-8,15H,5-6H2,1H3,(H,16,17,18). The van der Waals surface area contributed by atoms with Crippen LogP contribution in [-0.2, 0) is 0 Å². The van der Waals surface area contributed by atoms with Crippen molar-refractivity contribution in [2.24, 2.45) is 0 Å². The molecule has 0 aliphatic carbocycles. The van der Waals surface area contributed by atoms with E-state index in [1.165, 1.54) is 6.33 Å². The Labute approximate surface area is 128 Å². The van der Waals surface area contributed by atoms with Crippen molar-refractivity contribution in [3.05, 3.63) is 39.3 Å². The number of nitrogens with one attached hydrogen (secondary N) is 2. The number of halogens is 2. The summed E-state index contributed by atoms with van der Waals surface area (Å²) in [5.41, 5.74) is 0. The van der Waals surface area contributed by atoms with E-state index in [0.29, 0.717) is 6.61 Å². The van der Waals surface area contributed by atoms with Gasteiger partial charge in [-0.25, -0.2) is 4.98 Å². The molecule has 5 nitrogen and oxygen atoms in total. The summed E-state index contributed by atoms with van der Waals surface area (Å²) >= 11 is 6.92. The minimum Gasteiger partial charge on any atom is -0.490 e. The van der Waals surface area contributed by atoms with Crippen molar-refractivity contribution in [3.63, 3.8) is 0 Å². The Morgan fingerprint density at radius 3 is 2.74 bits per heavy atom. The van der Waals surface area contributed by atoms with Gasteiger partial charge in [0.2, 0.25) is 0 Å². The highest BCUT2D eigenvalue weighted by Crippen LogP contribution is 2.32. The Balaban J connectivity index is 1.78. The molecule has 1 heterocycles. The molecule has 2 N–H and O–H groups in total. The lowest BCUT2D eigenvalue weighted by Crippen LogP contribution is -2.25. The lowest BCUT2D eigenvalue weighted by Gasteiger charge is -2.13. The predicted octanol–water partition coefficient (Wildman–Crippen LogP) is 3.06. The number of ether oxygens (including phenoxy) is 1. The molecule has 0 amide bonds. The maximum atomic E-state index is 5.73. The monoisotopic (exact) mass is 388 g/mol. The van der Waals surface area contributed by atoms with Crippen molar-refractivity contribution in [2.45, 2.75) is 13.0 Å². The predicted molar refractivity (Wildman–Crippen MR) is 80.1 cm³/mol. The molecule has 2 rings (SSSR count). The molecule has 1 aromatic carbocycles. The van der Waals surface area contributed by atoms with E-state index in [0.717, 1.165) is 27.1 Å². The van der Waals surface area contributed by atoms with Gasteiger partial charge in [0, 0.05) is 6.54 Å². The van der Waals surface area contributed by atoms with Crippen molar-refractivity contribution in [1.29, 1.82) is 0 Å². The molecule has 0 fully saturated rings. The van der Waals surface area contributed by atoms with Gasteiger partial charge < -0.3 is 10.1 Å². The Hall–Kier alpha value is -0.920. The van der Waals surface area contributed by atoms with Gasteiger partial charge in [0.15, 0.2) is 0 Å². The Bertz CT molecular complexity index is 498. The fourth-order valence-electron chi connectivity index (χ4n) is 1.57. The molecule has 19 heavy (non-hydrogen) atoms. The maximum Gasteiger partial charge on any atom is 0.147 e. The Morgan fingerprint density at radius 1 is 1.37 bits per heavy atom. The average Bonchev–Trinajstić information content (AvgIpc) is 2.91. The maximum absolute atomic E-state index is 5.73. The molecule has 0 saturated heterocycles. The number of nitrogens with zero attached hydrogens (tertiary/aromatic N) is 2. The van der Waals surface area contributed by atoms with Crippen molar-refractivity contribution in [2.75, 3.05) is 13.2 Å². The number of benzene rings is 1. The lowest BCUT2D eigenvalue weighted by molar-refractivity contribution is 0.303. The van der Waals surface area contributed by atoms with Crippen LogP contribution in [0.4, 0.5) is 0 Å². The summed E-state index contributed by atoms with van der Waals surface area (Å²) < 4.78 is 7.60. The van der Waals surface area contributed by atoms with Gasteiger partial charge in [-0.05, 0) is 50.9 Å². The second-order valence-electron chi connectivity index (χ2n) is 3.95. The summed E-state index contributed by atoms with van der Waals surface area (Å²) in [6.45, 7) is 3.31. The second kappa shape index (κ2) is 7.02. The molecule has 1 unspecified atom stereocenters. The molecule has 0 aliphatic rings. The normalized spacial score (nSPS) is 12.4. The third-order valence-corrected chi connectivity index (χ3v) is 3.81. The van der Waals surface area contributed by atoms with Crippen LogP contribution in [0.2, 0.25) is 0 Å². The molecule has 0 saturated carbocycles. The molecule has 0 bridgehead atoms. The van der Waals surface area contributed by atoms with Crippen molar-refractivity contribution >= 4 is 31.9 Å². The number of hydrogen-bond acceptors (Lipinski definition) is 4. The van der Waals surface area contributed by atoms with Crippen LogP contribution in [0, 0.1) is 0 Å². The van der Waals surface area contributed by atoms with Crippen LogP contribution in [0.15, 0.2) is 33.5 Å². The molecule has 2 aromatic rings. The van der Waals surface area contributed by atoms with E-state index in [4.69, 9.17) is 4.74 Å². The molecule has 0 radical (unpaired) electrons. The molecule has 1 atom stereocenters. The van der Waals surface area contributed by atoms with Crippen LogP contribution >= 0.6 is 31.9 Å². The fraction of sp³-hybridized carbons (Fsp3) is 0.333. The highest BCUT2D eigenvalue weighted by atomic mass is 79.9. The van der Waals surface area contributed by atoms with Gasteiger partial charge in [0.05, 0.1) is 15.0 Å². The summed E-state index contributed by atoms with van der Waals surface area (Å²) in [6.07, 6.45) is 1.50. The topological polar surface area (TPSA) is 62.8 Å². The van der Waals surface area contributed by atoms with Gasteiger partial charge in [-0.1, -0.05) is 6.07 Å². The summed E-state index contributed by atoms with van der Waals surface area (Å²) in [4.78, 5) is 4.10. The largest absolute Gasteiger partial charge is 0.490 e. The lowest BCUT2D eigenvalue weighted by atomic mass is 10.3. The van der Waals surface area contributed by atoms with Gasteiger partial charge in [0.25, 0.3) is 0 Å². The molecule has 0 aliphatic heterocycles. The zero-order valence-electron chi connectivity index (χ0n) is 10.4. The molecule has 1 aromatic heterocycles. The van der Waals surface area contributed by atoms with Crippen LogP contribution in [0.25, 0.3) is 0 Å². The van der Waals surface area contributed by atoms with Crippen LogP contribution in [-0.4, -0.2) is 28.3 Å². The van der Waals surface area contributed by atoms with Gasteiger partial charge in [-0.15, -0.1) is 0 Å². The molecule has 7 heteroatoms. The van der Waals surface area contributed by atoms with E-state index in [-0.39, 0.29) is 6.04 Å². The van der Waals surface area contributed by atoms with E-state index < -0.39 is 0 Å². The van der Waals surface area contributed by atoms with Gasteiger partial charge >= 0.3 is 0 Å². The van der Waals surface area contributed by atoms with Crippen molar-refractivity contribution < 1.29 is 4.74 Å². The molecular weight excluding hydrogens is 376 g/mol. The number of aromatic nitrogens is 3. The summed E-state index contributed by atoms with van der Waals surface area (Å²) in [5, 5.41) is 9.96. The summed E-state index contributed by atoms with van der Waals surface area (Å²) in [6, 6.07) is 5.97. The zero-order valence-corrected chi connectivity index (χ0v) is 13.5. The van der Waals surface area contributed by atoms with Crippen LogP contribution in [0.5, 0.6) is 5.75 Å². The smallest absolute Gasteiger partial charge is 0.147 e.